The maximum atomic E-state index is 9.64. The lowest BCUT2D eigenvalue weighted by Gasteiger charge is -2.16. The number of nitrogens with two attached hydrogens (primary N) is 1. The quantitative estimate of drug-likeness (QED) is 0.700. The monoisotopic (exact) mass is 166 g/mol. The van der Waals surface area contributed by atoms with Crippen molar-refractivity contribution in [3.8, 4) is 0 Å². The van der Waals surface area contributed by atoms with Gasteiger partial charge in [-0.15, -0.1) is 0 Å². The minimum atomic E-state index is -0.571. The summed E-state index contributed by atoms with van der Waals surface area (Å²) in [5.74, 6) is 0. The molecule has 0 bridgehead atoms. The lowest BCUT2D eigenvalue weighted by Crippen LogP contribution is -2.27. The van der Waals surface area contributed by atoms with Crippen LogP contribution >= 0.6 is 0 Å². The Balaban J connectivity index is 2.71. The Morgan fingerprint density at radius 2 is 2.08 bits per heavy atom. The minimum absolute atomic E-state index is 0.188. The molecule has 3 nitrogen and oxygen atoms in total. The SMILES string of the molecule is CCC(N)C(O)c1ccncc1. The molecular weight excluding hydrogens is 152 g/mol. The van der Waals surface area contributed by atoms with Gasteiger partial charge in [0.2, 0.25) is 0 Å². The van der Waals surface area contributed by atoms with Crippen molar-refractivity contribution >= 4 is 0 Å². The molecule has 1 rings (SSSR count). The lowest BCUT2D eigenvalue weighted by atomic mass is 10.0. The molecule has 0 amide bonds. The molecule has 0 radical (unpaired) electrons. The van der Waals surface area contributed by atoms with E-state index in [4.69, 9.17) is 5.73 Å². The summed E-state index contributed by atoms with van der Waals surface area (Å²) in [4.78, 5) is 3.86. The second-order valence-corrected chi connectivity index (χ2v) is 2.80. The van der Waals surface area contributed by atoms with E-state index < -0.39 is 6.10 Å². The molecule has 3 heteroatoms. The standard InChI is InChI=1S/C9H14N2O/c1-2-8(10)9(12)7-3-5-11-6-4-7/h3-6,8-9,12H,2,10H2,1H3. The first kappa shape index (κ1) is 9.16. The first-order valence-corrected chi connectivity index (χ1v) is 4.09. The molecular formula is C9H14N2O. The summed E-state index contributed by atoms with van der Waals surface area (Å²) >= 11 is 0. The second kappa shape index (κ2) is 4.18. The molecule has 1 aromatic heterocycles. The third-order valence-corrected chi connectivity index (χ3v) is 1.92. The molecule has 0 aromatic carbocycles. The summed E-state index contributed by atoms with van der Waals surface area (Å²) in [6.07, 6.45) is 3.50. The Morgan fingerprint density at radius 1 is 1.50 bits per heavy atom. The summed E-state index contributed by atoms with van der Waals surface area (Å²) in [6.45, 7) is 1.95. The van der Waals surface area contributed by atoms with E-state index in [0.29, 0.717) is 0 Å². The molecule has 2 unspecified atom stereocenters. The van der Waals surface area contributed by atoms with E-state index in [2.05, 4.69) is 4.98 Å². The normalized spacial score (nSPS) is 15.6. The molecule has 3 N–H and O–H groups in total. The fraction of sp³-hybridized carbons (Fsp3) is 0.444. The Kier molecular flexibility index (Phi) is 3.19. The Bertz CT molecular complexity index is 225. The molecule has 2 atom stereocenters. The summed E-state index contributed by atoms with van der Waals surface area (Å²) in [5, 5.41) is 9.64. The summed E-state index contributed by atoms with van der Waals surface area (Å²) in [5.41, 5.74) is 6.51. The third kappa shape index (κ3) is 2.03. The van der Waals surface area contributed by atoms with Crippen molar-refractivity contribution in [2.45, 2.75) is 25.5 Å². The van der Waals surface area contributed by atoms with Crippen LogP contribution in [0.5, 0.6) is 0 Å². The van der Waals surface area contributed by atoms with Crippen LogP contribution in [0.15, 0.2) is 24.5 Å². The van der Waals surface area contributed by atoms with E-state index in [0.717, 1.165) is 12.0 Å². The van der Waals surface area contributed by atoms with Gasteiger partial charge in [0.05, 0.1) is 6.10 Å². The van der Waals surface area contributed by atoms with Crippen molar-refractivity contribution in [2.24, 2.45) is 5.73 Å². The number of aliphatic hydroxyl groups is 1. The molecule has 1 heterocycles. The summed E-state index contributed by atoms with van der Waals surface area (Å²) in [6, 6.07) is 3.37. The average Bonchev–Trinajstić information content (AvgIpc) is 2.17. The zero-order valence-corrected chi connectivity index (χ0v) is 7.14. The molecule has 0 saturated heterocycles. The predicted molar refractivity (Wildman–Crippen MR) is 47.5 cm³/mol. The smallest absolute Gasteiger partial charge is 0.0941 e. The van der Waals surface area contributed by atoms with Gasteiger partial charge >= 0.3 is 0 Å². The zero-order valence-electron chi connectivity index (χ0n) is 7.14. The Morgan fingerprint density at radius 3 is 2.58 bits per heavy atom. The van der Waals surface area contributed by atoms with Gasteiger partial charge in [0.25, 0.3) is 0 Å². The van der Waals surface area contributed by atoms with E-state index in [9.17, 15) is 5.11 Å². The highest BCUT2D eigenvalue weighted by molar-refractivity contribution is 5.14. The maximum Gasteiger partial charge on any atom is 0.0941 e. The lowest BCUT2D eigenvalue weighted by molar-refractivity contribution is 0.144. The molecule has 1 aromatic rings. The number of rotatable bonds is 3. The molecule has 0 aliphatic carbocycles. The van der Waals surface area contributed by atoms with E-state index in [1.807, 2.05) is 6.92 Å². The van der Waals surface area contributed by atoms with Crippen LogP contribution in [0, 0.1) is 0 Å². The first-order valence-electron chi connectivity index (χ1n) is 4.09. The van der Waals surface area contributed by atoms with E-state index in [1.165, 1.54) is 0 Å². The van der Waals surface area contributed by atoms with Gasteiger partial charge in [-0.1, -0.05) is 6.92 Å². The third-order valence-electron chi connectivity index (χ3n) is 1.92. The highest BCUT2D eigenvalue weighted by atomic mass is 16.3. The minimum Gasteiger partial charge on any atom is -0.387 e. The summed E-state index contributed by atoms with van der Waals surface area (Å²) in [7, 11) is 0. The van der Waals surface area contributed by atoms with Crippen LogP contribution in [0.3, 0.4) is 0 Å². The number of nitrogens with zero attached hydrogens (tertiary/aromatic N) is 1. The second-order valence-electron chi connectivity index (χ2n) is 2.80. The molecule has 12 heavy (non-hydrogen) atoms. The maximum absolute atomic E-state index is 9.64. The number of pyridine rings is 1. The zero-order chi connectivity index (χ0) is 8.97. The highest BCUT2D eigenvalue weighted by Crippen LogP contribution is 2.15. The Labute approximate surface area is 72.2 Å². The molecule has 66 valence electrons. The van der Waals surface area contributed by atoms with Gasteiger partial charge in [0.1, 0.15) is 0 Å². The van der Waals surface area contributed by atoms with Crippen molar-refractivity contribution in [1.82, 2.24) is 4.98 Å². The van der Waals surface area contributed by atoms with Crippen LogP contribution in [0.1, 0.15) is 25.0 Å². The molecule has 0 fully saturated rings. The Hall–Kier alpha value is -0.930. The van der Waals surface area contributed by atoms with Crippen molar-refractivity contribution in [3.63, 3.8) is 0 Å². The van der Waals surface area contributed by atoms with Gasteiger partial charge in [-0.2, -0.15) is 0 Å². The van der Waals surface area contributed by atoms with Crippen LogP contribution in [0.25, 0.3) is 0 Å². The molecule has 0 saturated carbocycles. The van der Waals surface area contributed by atoms with Gasteiger partial charge in [-0.05, 0) is 24.1 Å². The van der Waals surface area contributed by atoms with E-state index in [1.54, 1.807) is 24.5 Å². The van der Waals surface area contributed by atoms with Crippen LogP contribution in [0.4, 0.5) is 0 Å². The fourth-order valence-corrected chi connectivity index (χ4v) is 1.03. The van der Waals surface area contributed by atoms with Crippen LogP contribution < -0.4 is 5.73 Å². The van der Waals surface area contributed by atoms with Gasteiger partial charge < -0.3 is 10.8 Å². The fourth-order valence-electron chi connectivity index (χ4n) is 1.03. The van der Waals surface area contributed by atoms with Crippen LogP contribution in [-0.4, -0.2) is 16.1 Å². The van der Waals surface area contributed by atoms with Crippen LogP contribution in [-0.2, 0) is 0 Å². The summed E-state index contributed by atoms with van der Waals surface area (Å²) < 4.78 is 0. The van der Waals surface area contributed by atoms with Gasteiger partial charge in [0.15, 0.2) is 0 Å². The molecule has 0 aliphatic heterocycles. The van der Waals surface area contributed by atoms with Crippen molar-refractivity contribution < 1.29 is 5.11 Å². The van der Waals surface area contributed by atoms with Crippen molar-refractivity contribution in [3.05, 3.63) is 30.1 Å². The van der Waals surface area contributed by atoms with E-state index in [-0.39, 0.29) is 6.04 Å². The number of aromatic nitrogens is 1. The van der Waals surface area contributed by atoms with Crippen molar-refractivity contribution in [1.29, 1.82) is 0 Å². The van der Waals surface area contributed by atoms with Gasteiger partial charge in [-0.3, -0.25) is 4.98 Å². The average molecular weight is 166 g/mol. The number of hydrogen-bond acceptors (Lipinski definition) is 3. The van der Waals surface area contributed by atoms with Crippen molar-refractivity contribution in [2.75, 3.05) is 0 Å². The van der Waals surface area contributed by atoms with Gasteiger partial charge in [0, 0.05) is 18.4 Å². The highest BCUT2D eigenvalue weighted by Gasteiger charge is 2.13. The number of hydrogen-bond donors (Lipinski definition) is 2. The predicted octanol–water partition coefficient (Wildman–Crippen LogP) is 0.852. The largest absolute Gasteiger partial charge is 0.387 e. The molecule has 0 spiro atoms. The van der Waals surface area contributed by atoms with Gasteiger partial charge in [-0.25, -0.2) is 0 Å². The topological polar surface area (TPSA) is 59.1 Å². The first-order chi connectivity index (χ1) is 5.75. The van der Waals surface area contributed by atoms with E-state index >= 15 is 0 Å². The number of aliphatic hydroxyl groups excluding tert-OH is 1. The van der Waals surface area contributed by atoms with Crippen LogP contribution in [0.2, 0.25) is 0 Å². The molecule has 0 aliphatic rings.